The van der Waals surface area contributed by atoms with Crippen molar-refractivity contribution in [2.75, 3.05) is 5.32 Å². The number of anilines is 1. The number of halogens is 2. The molecule has 29 heavy (non-hydrogen) atoms. The topological polar surface area (TPSA) is 75.0 Å². The summed E-state index contributed by atoms with van der Waals surface area (Å²) in [5, 5.41) is 12.8. The first-order valence-electron chi connectivity index (χ1n) is 8.56. The van der Waals surface area contributed by atoms with Crippen molar-refractivity contribution in [3.63, 3.8) is 0 Å². The number of hydrogen-bond acceptors (Lipinski definition) is 4. The molecule has 3 rings (SSSR count). The summed E-state index contributed by atoms with van der Waals surface area (Å²) in [5.41, 5.74) is 1.73. The molecule has 0 unspecified atom stereocenters. The van der Waals surface area contributed by atoms with E-state index >= 15 is 0 Å². The van der Waals surface area contributed by atoms with Gasteiger partial charge < -0.3 is 10.1 Å². The summed E-state index contributed by atoms with van der Waals surface area (Å²) < 4.78 is 5.84. The van der Waals surface area contributed by atoms with Crippen molar-refractivity contribution in [2.45, 2.75) is 6.61 Å². The first-order valence-corrected chi connectivity index (χ1v) is 9.31. The Hall–Kier alpha value is -3.33. The molecule has 5 nitrogen and oxygen atoms in total. The molecule has 0 aliphatic rings. The number of nitrogens with zero attached hydrogens (tertiary/aromatic N) is 2. The minimum absolute atomic E-state index is 0.0986. The van der Waals surface area contributed by atoms with Gasteiger partial charge in [-0.1, -0.05) is 47.5 Å². The number of nitrogens with one attached hydrogen (secondary N) is 1. The number of nitriles is 1. The van der Waals surface area contributed by atoms with Crippen LogP contribution in [0.2, 0.25) is 10.0 Å². The monoisotopic (exact) mass is 423 g/mol. The van der Waals surface area contributed by atoms with Crippen molar-refractivity contribution in [3.8, 4) is 11.8 Å². The van der Waals surface area contributed by atoms with Gasteiger partial charge in [-0.2, -0.15) is 5.26 Å². The van der Waals surface area contributed by atoms with Gasteiger partial charge in [0.05, 0.1) is 10.7 Å². The summed E-state index contributed by atoms with van der Waals surface area (Å²) in [4.78, 5) is 16.6. The zero-order chi connectivity index (χ0) is 20.6. The lowest BCUT2D eigenvalue weighted by molar-refractivity contribution is -0.112. The van der Waals surface area contributed by atoms with E-state index in [1.54, 1.807) is 42.7 Å². The van der Waals surface area contributed by atoms with Gasteiger partial charge in [0.25, 0.3) is 5.91 Å². The summed E-state index contributed by atoms with van der Waals surface area (Å²) in [6.07, 6.45) is 4.86. The largest absolute Gasteiger partial charge is 0.488 e. The van der Waals surface area contributed by atoms with E-state index < -0.39 is 5.91 Å². The molecule has 0 fully saturated rings. The van der Waals surface area contributed by atoms with Gasteiger partial charge in [-0.25, -0.2) is 0 Å². The number of carbonyl (C=O) groups excluding carboxylic acids is 1. The summed E-state index contributed by atoms with van der Waals surface area (Å²) in [6.45, 7) is 0.310. The third-order valence-corrected chi connectivity index (χ3v) is 4.44. The number of carbonyl (C=O) groups is 1. The van der Waals surface area contributed by atoms with Crippen LogP contribution in [-0.2, 0) is 11.4 Å². The first-order chi connectivity index (χ1) is 14.1. The Morgan fingerprint density at radius 3 is 2.76 bits per heavy atom. The van der Waals surface area contributed by atoms with Crippen LogP contribution in [0.3, 0.4) is 0 Å². The fourth-order valence-corrected chi connectivity index (χ4v) is 2.80. The molecule has 144 valence electrons. The van der Waals surface area contributed by atoms with Gasteiger partial charge in [0.2, 0.25) is 0 Å². The molecule has 0 bridgehead atoms. The molecular weight excluding hydrogens is 409 g/mol. The molecule has 0 aliphatic heterocycles. The normalized spacial score (nSPS) is 10.9. The smallest absolute Gasteiger partial charge is 0.266 e. The number of pyridine rings is 1. The standard InChI is InChI=1S/C22H15Cl2N3O2/c23-18-7-8-19(24)20(11-18)27-22(28)17(12-25)10-16-5-1-2-6-21(16)29-14-15-4-3-9-26-13-15/h1-11,13H,14H2,(H,27,28)/b17-10+. The fraction of sp³-hybridized carbons (Fsp3) is 0.0455. The number of para-hydroxylation sites is 1. The summed E-state index contributed by atoms with van der Waals surface area (Å²) in [7, 11) is 0. The van der Waals surface area contributed by atoms with Crippen molar-refractivity contribution < 1.29 is 9.53 Å². The number of hydrogen-bond donors (Lipinski definition) is 1. The molecule has 1 amide bonds. The van der Waals surface area contributed by atoms with Crippen molar-refractivity contribution in [1.29, 1.82) is 5.26 Å². The summed E-state index contributed by atoms with van der Waals surface area (Å²) in [5.74, 6) is -0.0589. The molecule has 0 aliphatic carbocycles. The highest BCUT2D eigenvalue weighted by atomic mass is 35.5. The van der Waals surface area contributed by atoms with Crippen molar-refractivity contribution >= 4 is 40.9 Å². The minimum Gasteiger partial charge on any atom is -0.488 e. The average Bonchev–Trinajstić information content (AvgIpc) is 2.74. The molecule has 1 N–H and O–H groups in total. The van der Waals surface area contributed by atoms with E-state index in [4.69, 9.17) is 27.9 Å². The Morgan fingerprint density at radius 1 is 1.17 bits per heavy atom. The second kappa shape index (κ2) is 9.74. The van der Waals surface area contributed by atoms with Gasteiger partial charge in [0.1, 0.15) is 24.0 Å². The Balaban J connectivity index is 1.81. The van der Waals surface area contributed by atoms with E-state index in [0.29, 0.717) is 33.7 Å². The molecular formula is C22H15Cl2N3O2. The predicted molar refractivity (Wildman–Crippen MR) is 114 cm³/mol. The van der Waals surface area contributed by atoms with Gasteiger partial charge in [-0.15, -0.1) is 0 Å². The van der Waals surface area contributed by atoms with Crippen LogP contribution in [0.5, 0.6) is 5.75 Å². The third-order valence-electron chi connectivity index (χ3n) is 3.88. The first kappa shape index (κ1) is 20.4. The van der Waals surface area contributed by atoms with Crippen LogP contribution in [0.1, 0.15) is 11.1 Å². The fourth-order valence-electron chi connectivity index (χ4n) is 2.46. The molecule has 2 aromatic carbocycles. The number of rotatable bonds is 6. The molecule has 0 spiro atoms. The Morgan fingerprint density at radius 2 is 2.00 bits per heavy atom. The van der Waals surface area contributed by atoms with E-state index in [0.717, 1.165) is 5.56 Å². The van der Waals surface area contributed by atoms with Crippen LogP contribution in [0.25, 0.3) is 6.08 Å². The average molecular weight is 424 g/mol. The Labute approximate surface area is 178 Å². The number of ether oxygens (including phenoxy) is 1. The molecule has 3 aromatic rings. The molecule has 0 saturated heterocycles. The second-order valence-corrected chi connectivity index (χ2v) is 6.78. The van der Waals surface area contributed by atoms with Crippen LogP contribution in [-0.4, -0.2) is 10.9 Å². The highest BCUT2D eigenvalue weighted by molar-refractivity contribution is 6.36. The third kappa shape index (κ3) is 5.58. The lowest BCUT2D eigenvalue weighted by Crippen LogP contribution is -2.13. The van der Waals surface area contributed by atoms with E-state index in [1.165, 1.54) is 12.1 Å². The van der Waals surface area contributed by atoms with Crippen LogP contribution >= 0.6 is 23.2 Å². The summed E-state index contributed by atoms with van der Waals surface area (Å²) in [6, 6.07) is 17.5. The van der Waals surface area contributed by atoms with Crippen molar-refractivity contribution in [1.82, 2.24) is 4.98 Å². The molecule has 1 aromatic heterocycles. The quantitative estimate of drug-likeness (QED) is 0.418. The Bertz CT molecular complexity index is 1090. The van der Waals surface area contributed by atoms with E-state index in [9.17, 15) is 10.1 Å². The van der Waals surface area contributed by atoms with Crippen LogP contribution in [0.4, 0.5) is 5.69 Å². The lowest BCUT2D eigenvalue weighted by atomic mass is 10.1. The van der Waals surface area contributed by atoms with Gasteiger partial charge in [-0.3, -0.25) is 9.78 Å². The number of benzene rings is 2. The van der Waals surface area contributed by atoms with Crippen molar-refractivity contribution in [3.05, 3.63) is 93.7 Å². The van der Waals surface area contributed by atoms with E-state index in [2.05, 4.69) is 10.3 Å². The van der Waals surface area contributed by atoms with Gasteiger partial charge in [0.15, 0.2) is 0 Å². The SMILES string of the molecule is N#C/C(=C\c1ccccc1OCc1cccnc1)C(=O)Nc1cc(Cl)ccc1Cl. The maximum absolute atomic E-state index is 12.5. The molecule has 7 heteroatoms. The van der Waals surface area contributed by atoms with Crippen molar-refractivity contribution in [2.24, 2.45) is 0 Å². The lowest BCUT2D eigenvalue weighted by Gasteiger charge is -2.10. The molecule has 0 saturated carbocycles. The zero-order valence-electron chi connectivity index (χ0n) is 15.1. The zero-order valence-corrected chi connectivity index (χ0v) is 16.6. The van der Waals surface area contributed by atoms with E-state index in [1.807, 2.05) is 24.3 Å². The molecule has 0 atom stereocenters. The second-order valence-electron chi connectivity index (χ2n) is 5.94. The molecule has 0 radical (unpaired) electrons. The number of aromatic nitrogens is 1. The number of amides is 1. The maximum Gasteiger partial charge on any atom is 0.266 e. The van der Waals surface area contributed by atoms with Gasteiger partial charge >= 0.3 is 0 Å². The van der Waals surface area contributed by atoms with Crippen LogP contribution in [0.15, 0.2) is 72.6 Å². The van der Waals surface area contributed by atoms with Gasteiger partial charge in [0, 0.05) is 28.5 Å². The van der Waals surface area contributed by atoms with Gasteiger partial charge in [-0.05, 0) is 36.4 Å². The minimum atomic E-state index is -0.598. The van der Waals surface area contributed by atoms with Crippen LogP contribution < -0.4 is 10.1 Å². The maximum atomic E-state index is 12.5. The highest BCUT2D eigenvalue weighted by Crippen LogP contribution is 2.27. The van der Waals surface area contributed by atoms with Crippen LogP contribution in [0, 0.1) is 11.3 Å². The summed E-state index contributed by atoms with van der Waals surface area (Å²) >= 11 is 12.0. The Kier molecular flexibility index (Phi) is 6.85. The highest BCUT2D eigenvalue weighted by Gasteiger charge is 2.13. The van der Waals surface area contributed by atoms with E-state index in [-0.39, 0.29) is 5.57 Å². The predicted octanol–water partition coefficient (Wildman–Crippen LogP) is 5.51. The molecule has 1 heterocycles.